The summed E-state index contributed by atoms with van der Waals surface area (Å²) in [6.07, 6.45) is 4.89. The fraction of sp³-hybridized carbons (Fsp3) is 0.370. The van der Waals surface area contributed by atoms with Crippen LogP contribution in [0.5, 0.6) is 0 Å². The van der Waals surface area contributed by atoms with E-state index in [0.717, 1.165) is 77.1 Å². The van der Waals surface area contributed by atoms with Gasteiger partial charge in [-0.15, -0.1) is 0 Å². The minimum absolute atomic E-state index is 0.318. The van der Waals surface area contributed by atoms with Crippen LogP contribution in [0.1, 0.15) is 12.0 Å². The van der Waals surface area contributed by atoms with Crippen molar-refractivity contribution >= 4 is 50.1 Å². The molecule has 0 spiro atoms. The maximum absolute atomic E-state index is 12.1. The largest absolute Gasteiger partial charge is 0.616 e. The predicted octanol–water partition coefficient (Wildman–Crippen LogP) is 3.46. The number of furan rings is 1. The lowest BCUT2D eigenvalue weighted by molar-refractivity contribution is 0.122. The number of hydrogen-bond donors (Lipinski definition) is 1. The summed E-state index contributed by atoms with van der Waals surface area (Å²) in [6, 6.07) is 10.8. The molecule has 10 heteroatoms. The van der Waals surface area contributed by atoms with Gasteiger partial charge in [-0.3, -0.25) is 4.90 Å². The number of aromatic nitrogens is 4. The van der Waals surface area contributed by atoms with Crippen LogP contribution in [0.4, 0.5) is 5.82 Å². The van der Waals surface area contributed by atoms with Gasteiger partial charge in [0, 0.05) is 61.5 Å². The van der Waals surface area contributed by atoms with Gasteiger partial charge in [-0.05, 0) is 34.9 Å². The first-order valence-electron chi connectivity index (χ1n) is 12.8. The van der Waals surface area contributed by atoms with E-state index in [2.05, 4.69) is 39.0 Å². The summed E-state index contributed by atoms with van der Waals surface area (Å²) in [4.78, 5) is 22.8. The van der Waals surface area contributed by atoms with Crippen molar-refractivity contribution in [2.45, 2.75) is 24.3 Å². The number of nitrogens with one attached hydrogen (secondary N) is 1. The molecule has 8 rings (SSSR count). The molecule has 0 saturated carbocycles. The zero-order chi connectivity index (χ0) is 24.5. The van der Waals surface area contributed by atoms with Crippen molar-refractivity contribution in [3.63, 3.8) is 0 Å². The third-order valence-electron chi connectivity index (χ3n) is 7.96. The molecule has 1 aromatic carbocycles. The number of rotatable bonds is 4. The lowest BCUT2D eigenvalue weighted by atomic mass is 10.1. The highest BCUT2D eigenvalue weighted by Gasteiger charge is 2.47. The van der Waals surface area contributed by atoms with Crippen molar-refractivity contribution in [2.75, 3.05) is 43.5 Å². The summed E-state index contributed by atoms with van der Waals surface area (Å²) in [6.45, 7) is 4.49. The van der Waals surface area contributed by atoms with Gasteiger partial charge in [0.25, 0.3) is 0 Å². The molecule has 2 bridgehead atoms. The summed E-state index contributed by atoms with van der Waals surface area (Å²) in [7, 11) is 0. The van der Waals surface area contributed by atoms with E-state index in [1.165, 1.54) is 0 Å². The molecular formula is C27H26N6O3S. The van der Waals surface area contributed by atoms with Crippen LogP contribution in [0.3, 0.4) is 0 Å². The average molecular weight is 515 g/mol. The van der Waals surface area contributed by atoms with E-state index >= 15 is 0 Å². The van der Waals surface area contributed by atoms with E-state index in [-0.39, 0.29) is 0 Å². The minimum Gasteiger partial charge on any atom is -0.616 e. The van der Waals surface area contributed by atoms with Crippen LogP contribution in [0.25, 0.3) is 44.5 Å². The number of likely N-dealkylation sites (tertiary alicyclic amines) is 1. The van der Waals surface area contributed by atoms with Crippen molar-refractivity contribution in [3.8, 4) is 11.4 Å². The number of anilines is 1. The maximum Gasteiger partial charge on any atom is 0.229 e. The smallest absolute Gasteiger partial charge is 0.229 e. The third-order valence-corrected chi connectivity index (χ3v) is 9.76. The SMILES string of the molecule is [O-][S@+]1C[C@@H]2C[C@H]1CN2Cc1cnc2oc3c(N4CCOCC4)nc(-c4cccc5[nH]ccc45)nc3c2c1. The van der Waals surface area contributed by atoms with Gasteiger partial charge in [0.05, 0.1) is 24.6 Å². The van der Waals surface area contributed by atoms with Crippen LogP contribution in [0.2, 0.25) is 0 Å². The first-order chi connectivity index (χ1) is 18.2. The van der Waals surface area contributed by atoms with Gasteiger partial charge in [-0.2, -0.15) is 0 Å². The van der Waals surface area contributed by atoms with Crippen molar-refractivity contribution in [3.05, 3.63) is 48.3 Å². The summed E-state index contributed by atoms with van der Waals surface area (Å²) >= 11 is -0.662. The van der Waals surface area contributed by atoms with Crippen molar-refractivity contribution in [1.82, 2.24) is 24.8 Å². The Bertz CT molecular complexity index is 1640. The monoisotopic (exact) mass is 514 g/mol. The predicted molar refractivity (Wildman–Crippen MR) is 143 cm³/mol. The second-order valence-electron chi connectivity index (χ2n) is 10.2. The second-order valence-corrected chi connectivity index (χ2v) is 11.9. The molecule has 0 amide bonds. The van der Waals surface area contributed by atoms with Crippen LogP contribution < -0.4 is 4.90 Å². The highest BCUT2D eigenvalue weighted by molar-refractivity contribution is 7.92. The Kier molecular flexibility index (Phi) is 4.98. The van der Waals surface area contributed by atoms with Crippen molar-refractivity contribution in [1.29, 1.82) is 0 Å². The van der Waals surface area contributed by atoms with Gasteiger partial charge < -0.3 is 23.6 Å². The fourth-order valence-corrected chi connectivity index (χ4v) is 7.88. The Morgan fingerprint density at radius 3 is 2.89 bits per heavy atom. The van der Waals surface area contributed by atoms with Gasteiger partial charge in [0.2, 0.25) is 5.71 Å². The zero-order valence-corrected chi connectivity index (χ0v) is 21.0. The molecule has 4 aromatic heterocycles. The summed E-state index contributed by atoms with van der Waals surface area (Å²) < 4.78 is 24.0. The molecule has 3 atom stereocenters. The molecule has 5 aromatic rings. The number of H-pyrrole nitrogens is 1. The molecule has 3 aliphatic heterocycles. The van der Waals surface area contributed by atoms with E-state index in [9.17, 15) is 4.55 Å². The molecule has 3 aliphatic rings. The Morgan fingerprint density at radius 1 is 1.14 bits per heavy atom. The summed E-state index contributed by atoms with van der Waals surface area (Å²) in [5, 5.41) is 2.31. The molecule has 0 aliphatic carbocycles. The molecule has 0 unspecified atom stereocenters. The van der Waals surface area contributed by atoms with Crippen molar-refractivity contribution < 1.29 is 13.7 Å². The molecule has 37 heavy (non-hydrogen) atoms. The molecule has 1 N–H and O–H groups in total. The molecule has 0 radical (unpaired) electrons. The van der Waals surface area contributed by atoms with Crippen LogP contribution in [0.15, 0.2) is 47.1 Å². The number of pyridine rings is 1. The first-order valence-corrected chi connectivity index (χ1v) is 14.2. The lowest BCUT2D eigenvalue weighted by Gasteiger charge is -2.27. The highest BCUT2D eigenvalue weighted by atomic mass is 32.2. The molecule has 7 heterocycles. The molecule has 3 fully saturated rings. The zero-order valence-electron chi connectivity index (χ0n) is 20.2. The summed E-state index contributed by atoms with van der Waals surface area (Å²) in [5.74, 6) is 2.25. The van der Waals surface area contributed by atoms with E-state index in [0.29, 0.717) is 41.6 Å². The number of aromatic amines is 1. The maximum atomic E-state index is 12.1. The van der Waals surface area contributed by atoms with Crippen LogP contribution in [0, 0.1) is 0 Å². The Morgan fingerprint density at radius 2 is 2.05 bits per heavy atom. The minimum atomic E-state index is -0.662. The van der Waals surface area contributed by atoms with Crippen LogP contribution >= 0.6 is 0 Å². The van der Waals surface area contributed by atoms with Gasteiger partial charge in [-0.1, -0.05) is 12.1 Å². The average Bonchev–Trinajstić information content (AvgIpc) is 3.71. The van der Waals surface area contributed by atoms with E-state index in [1.807, 2.05) is 18.5 Å². The van der Waals surface area contributed by atoms with Crippen LogP contribution in [-0.2, 0) is 22.5 Å². The van der Waals surface area contributed by atoms with Gasteiger partial charge in [0.1, 0.15) is 16.5 Å². The fourth-order valence-electron chi connectivity index (χ4n) is 6.09. The van der Waals surface area contributed by atoms with Gasteiger partial charge >= 0.3 is 0 Å². The first kappa shape index (κ1) is 21.9. The Balaban J connectivity index is 1.27. The number of hydrogen-bond acceptors (Lipinski definition) is 8. The van der Waals surface area contributed by atoms with Gasteiger partial charge in [0.15, 0.2) is 17.2 Å². The highest BCUT2D eigenvalue weighted by Crippen LogP contribution is 2.37. The van der Waals surface area contributed by atoms with Gasteiger partial charge in [-0.25, -0.2) is 15.0 Å². The van der Waals surface area contributed by atoms with E-state index < -0.39 is 11.2 Å². The van der Waals surface area contributed by atoms with E-state index in [4.69, 9.17) is 24.1 Å². The molecule has 3 saturated heterocycles. The number of fused-ring (bicyclic) bond motifs is 6. The molecular weight excluding hydrogens is 488 g/mol. The third kappa shape index (κ3) is 3.54. The molecule has 188 valence electrons. The number of nitrogens with zero attached hydrogens (tertiary/aromatic N) is 5. The van der Waals surface area contributed by atoms with Crippen LogP contribution in [-0.4, -0.2) is 79.3 Å². The number of benzene rings is 1. The number of ether oxygens (including phenoxy) is 1. The summed E-state index contributed by atoms with van der Waals surface area (Å²) in [5.41, 5.74) is 5.18. The number of morpholine rings is 1. The second kappa shape index (κ2) is 8.42. The topological polar surface area (TPSA) is 106 Å². The normalized spacial score (nSPS) is 24.2. The Hall–Kier alpha value is -3.18. The lowest BCUT2D eigenvalue weighted by Crippen LogP contribution is -2.39. The standard InChI is InChI=1S/C27H26N6O3S/c34-37-15-17-11-18(37)14-33(17)13-16-10-21-23-24(36-27(21)29-12-16)26(32-6-8-35-9-7-32)31-25(30-23)20-2-1-3-22-19(20)4-5-28-22/h1-5,10,12,17-18,28H,6-9,11,13-15H2/t17-,18-,37+/m0/s1. The van der Waals surface area contributed by atoms with Crippen molar-refractivity contribution in [2.24, 2.45) is 0 Å². The molecule has 9 nitrogen and oxygen atoms in total. The Labute approximate surface area is 216 Å². The quantitative estimate of drug-likeness (QED) is 0.364. The van der Waals surface area contributed by atoms with E-state index in [1.54, 1.807) is 0 Å².